The third kappa shape index (κ3) is 5.78. The highest BCUT2D eigenvalue weighted by Crippen LogP contribution is 2.29. The number of unbranched alkanes of at least 4 members (excludes halogenated alkanes) is 2. The summed E-state index contributed by atoms with van der Waals surface area (Å²) >= 11 is 0. The van der Waals surface area contributed by atoms with Crippen molar-refractivity contribution in [1.29, 1.82) is 5.26 Å². The van der Waals surface area contributed by atoms with Crippen LogP contribution in [0.3, 0.4) is 0 Å². The Balaban J connectivity index is 2.15. The van der Waals surface area contributed by atoms with Crippen LogP contribution < -0.4 is 14.8 Å². The van der Waals surface area contributed by atoms with Crippen LogP contribution in [0.25, 0.3) is 6.08 Å². The Bertz CT molecular complexity index is 884. The van der Waals surface area contributed by atoms with Gasteiger partial charge in [-0.05, 0) is 42.3 Å². The molecule has 0 saturated carbocycles. The maximum Gasteiger partial charge on any atom is 0.266 e. The Morgan fingerprint density at radius 1 is 1.21 bits per heavy atom. The zero-order valence-electron chi connectivity index (χ0n) is 16.1. The lowest BCUT2D eigenvalue weighted by Gasteiger charge is -2.11. The van der Waals surface area contributed by atoms with Crippen molar-refractivity contribution < 1.29 is 19.4 Å². The van der Waals surface area contributed by atoms with E-state index in [1.165, 1.54) is 19.3 Å². The normalized spacial score (nSPS) is 10.8. The van der Waals surface area contributed by atoms with Gasteiger partial charge in [0.1, 0.15) is 17.4 Å². The summed E-state index contributed by atoms with van der Waals surface area (Å²) in [6.45, 7) is 2.73. The van der Waals surface area contributed by atoms with Gasteiger partial charge in [-0.25, -0.2) is 0 Å². The Morgan fingerprint density at radius 3 is 2.68 bits per heavy atom. The predicted molar refractivity (Wildman–Crippen MR) is 108 cm³/mol. The van der Waals surface area contributed by atoms with E-state index in [2.05, 4.69) is 12.2 Å². The van der Waals surface area contributed by atoms with Crippen molar-refractivity contribution in [3.05, 3.63) is 53.6 Å². The van der Waals surface area contributed by atoms with E-state index in [0.29, 0.717) is 23.7 Å². The summed E-state index contributed by atoms with van der Waals surface area (Å²) < 4.78 is 11.1. The maximum atomic E-state index is 12.4. The third-order valence-electron chi connectivity index (χ3n) is 4.02. The molecule has 146 valence electrons. The maximum absolute atomic E-state index is 12.4. The van der Waals surface area contributed by atoms with Gasteiger partial charge in [-0.3, -0.25) is 4.79 Å². The van der Waals surface area contributed by atoms with Gasteiger partial charge in [0, 0.05) is 0 Å². The number of nitriles is 1. The lowest BCUT2D eigenvalue weighted by Crippen LogP contribution is -2.13. The number of nitrogens with one attached hydrogen (secondary N) is 1. The number of hydrogen-bond acceptors (Lipinski definition) is 5. The van der Waals surface area contributed by atoms with Gasteiger partial charge in [-0.15, -0.1) is 0 Å². The van der Waals surface area contributed by atoms with Crippen LogP contribution in [0.5, 0.6) is 17.2 Å². The topological polar surface area (TPSA) is 91.6 Å². The van der Waals surface area contributed by atoms with E-state index in [-0.39, 0.29) is 17.0 Å². The molecule has 0 aliphatic heterocycles. The molecule has 1 amide bonds. The number of phenolic OH excluding ortho intramolecular Hbond substituents is 1. The molecule has 0 aliphatic carbocycles. The summed E-state index contributed by atoms with van der Waals surface area (Å²) in [5.74, 6) is 0.471. The average molecular weight is 380 g/mol. The van der Waals surface area contributed by atoms with Gasteiger partial charge in [0.15, 0.2) is 11.5 Å². The molecule has 0 aromatic heterocycles. The van der Waals surface area contributed by atoms with E-state index in [1.54, 1.807) is 36.4 Å². The molecule has 28 heavy (non-hydrogen) atoms. The minimum atomic E-state index is -0.608. The zero-order chi connectivity index (χ0) is 20.4. The second-order valence-electron chi connectivity index (χ2n) is 6.11. The van der Waals surface area contributed by atoms with Crippen molar-refractivity contribution in [3.63, 3.8) is 0 Å². The van der Waals surface area contributed by atoms with Crippen molar-refractivity contribution in [3.8, 4) is 23.3 Å². The quantitative estimate of drug-likeness (QED) is 0.289. The van der Waals surface area contributed by atoms with Gasteiger partial charge < -0.3 is 19.9 Å². The number of aromatic hydroxyl groups is 1. The summed E-state index contributed by atoms with van der Waals surface area (Å²) in [6.07, 6.45) is 4.63. The summed E-state index contributed by atoms with van der Waals surface area (Å²) in [4.78, 5) is 12.4. The monoisotopic (exact) mass is 380 g/mol. The molecule has 2 aromatic rings. The molecular formula is C22H24N2O4. The first kappa shape index (κ1) is 20.8. The molecule has 0 bridgehead atoms. The van der Waals surface area contributed by atoms with Crippen molar-refractivity contribution in [2.24, 2.45) is 0 Å². The summed E-state index contributed by atoms with van der Waals surface area (Å²) in [7, 11) is 1.54. The van der Waals surface area contributed by atoms with E-state index < -0.39 is 5.91 Å². The number of nitrogens with zero attached hydrogens (tertiary/aromatic N) is 1. The number of benzene rings is 2. The second kappa shape index (κ2) is 10.6. The fourth-order valence-corrected chi connectivity index (χ4v) is 2.51. The molecule has 2 N–H and O–H groups in total. The fourth-order valence-electron chi connectivity index (χ4n) is 2.51. The number of methoxy groups -OCH3 is 1. The molecule has 0 spiro atoms. The van der Waals surface area contributed by atoms with E-state index in [1.807, 2.05) is 6.07 Å². The largest absolute Gasteiger partial charge is 0.506 e. The molecule has 2 rings (SSSR count). The Labute approximate surface area is 165 Å². The first-order valence-corrected chi connectivity index (χ1v) is 9.11. The van der Waals surface area contributed by atoms with Gasteiger partial charge in [0.25, 0.3) is 5.91 Å². The number of carbonyl (C=O) groups excluding carboxylic acids is 1. The number of carbonyl (C=O) groups is 1. The van der Waals surface area contributed by atoms with Gasteiger partial charge in [0.05, 0.1) is 19.4 Å². The average Bonchev–Trinajstić information content (AvgIpc) is 2.71. The molecule has 0 heterocycles. The van der Waals surface area contributed by atoms with Crippen LogP contribution in [0.2, 0.25) is 0 Å². The number of hydrogen-bond donors (Lipinski definition) is 2. The minimum Gasteiger partial charge on any atom is -0.506 e. The Hall–Kier alpha value is -3.46. The number of anilines is 1. The SMILES string of the molecule is CCCCCOc1ccc(/C=C(/C#N)C(=O)Nc2ccccc2O)cc1OC. The summed E-state index contributed by atoms with van der Waals surface area (Å²) in [6, 6.07) is 13.4. The predicted octanol–water partition coefficient (Wildman–Crippen LogP) is 4.52. The number of amides is 1. The van der Waals surface area contributed by atoms with Crippen molar-refractivity contribution in [1.82, 2.24) is 0 Å². The van der Waals surface area contributed by atoms with E-state index in [9.17, 15) is 15.2 Å². The molecule has 0 aliphatic rings. The standard InChI is InChI=1S/C22H24N2O4/c1-3-4-7-12-28-20-11-10-16(14-21(20)27-2)13-17(15-23)22(26)24-18-8-5-6-9-19(18)25/h5-6,8-11,13-14,25H,3-4,7,12H2,1-2H3,(H,24,26)/b17-13-. The fraction of sp³-hybridized carbons (Fsp3) is 0.273. The van der Waals surface area contributed by atoms with Crippen molar-refractivity contribution >= 4 is 17.7 Å². The van der Waals surface area contributed by atoms with E-state index >= 15 is 0 Å². The first-order valence-electron chi connectivity index (χ1n) is 9.11. The van der Waals surface area contributed by atoms with E-state index in [4.69, 9.17) is 9.47 Å². The lowest BCUT2D eigenvalue weighted by atomic mass is 10.1. The van der Waals surface area contributed by atoms with Crippen LogP contribution in [0, 0.1) is 11.3 Å². The van der Waals surface area contributed by atoms with E-state index in [0.717, 1.165) is 19.3 Å². The smallest absolute Gasteiger partial charge is 0.266 e. The highest BCUT2D eigenvalue weighted by atomic mass is 16.5. The van der Waals surface area contributed by atoms with Crippen LogP contribution >= 0.6 is 0 Å². The third-order valence-corrected chi connectivity index (χ3v) is 4.02. The Kier molecular flexibility index (Phi) is 7.92. The van der Waals surface area contributed by atoms with Crippen LogP contribution in [-0.4, -0.2) is 24.7 Å². The molecule has 0 fully saturated rings. The number of phenols is 1. The zero-order valence-corrected chi connectivity index (χ0v) is 16.1. The highest BCUT2D eigenvalue weighted by Gasteiger charge is 2.12. The van der Waals surface area contributed by atoms with Gasteiger partial charge in [-0.1, -0.05) is 38.0 Å². The van der Waals surface area contributed by atoms with Crippen molar-refractivity contribution in [2.45, 2.75) is 26.2 Å². The molecule has 6 heteroatoms. The summed E-state index contributed by atoms with van der Waals surface area (Å²) in [5.41, 5.74) is 0.769. The molecule has 6 nitrogen and oxygen atoms in total. The molecule has 0 atom stereocenters. The van der Waals surface area contributed by atoms with Crippen LogP contribution in [0.4, 0.5) is 5.69 Å². The number of ether oxygens (including phenoxy) is 2. The number of para-hydroxylation sites is 2. The molecular weight excluding hydrogens is 356 g/mol. The molecule has 2 aromatic carbocycles. The number of rotatable bonds is 9. The van der Waals surface area contributed by atoms with Crippen LogP contribution in [-0.2, 0) is 4.79 Å². The van der Waals surface area contributed by atoms with Crippen LogP contribution in [0.15, 0.2) is 48.0 Å². The van der Waals surface area contributed by atoms with Crippen molar-refractivity contribution in [2.75, 3.05) is 19.0 Å². The highest BCUT2D eigenvalue weighted by molar-refractivity contribution is 6.10. The molecule has 0 saturated heterocycles. The Morgan fingerprint density at radius 2 is 2.00 bits per heavy atom. The molecule has 0 radical (unpaired) electrons. The summed E-state index contributed by atoms with van der Waals surface area (Å²) in [5, 5.41) is 21.6. The molecule has 0 unspecified atom stereocenters. The first-order chi connectivity index (χ1) is 13.6. The lowest BCUT2D eigenvalue weighted by molar-refractivity contribution is -0.112. The van der Waals surface area contributed by atoms with Gasteiger partial charge in [0.2, 0.25) is 0 Å². The van der Waals surface area contributed by atoms with Crippen LogP contribution in [0.1, 0.15) is 31.7 Å². The second-order valence-corrected chi connectivity index (χ2v) is 6.11. The van der Waals surface area contributed by atoms with Gasteiger partial charge >= 0.3 is 0 Å². The van der Waals surface area contributed by atoms with Gasteiger partial charge in [-0.2, -0.15) is 5.26 Å². The minimum absolute atomic E-state index is 0.0700.